The van der Waals surface area contributed by atoms with Gasteiger partial charge in [-0.25, -0.2) is 0 Å². The Labute approximate surface area is 96.8 Å². The molecule has 0 bridgehead atoms. The molecule has 0 saturated heterocycles. The van der Waals surface area contributed by atoms with E-state index in [1.54, 1.807) is 0 Å². The monoisotopic (exact) mass is 218 g/mol. The Morgan fingerprint density at radius 2 is 1.88 bits per heavy atom. The second-order valence-electron chi connectivity index (χ2n) is 3.73. The quantitative estimate of drug-likeness (QED) is 0.826. The normalized spacial score (nSPS) is 13.9. The molecule has 2 N–H and O–H groups in total. The second-order valence-corrected chi connectivity index (χ2v) is 3.73. The minimum Gasteiger partial charge on any atom is -0.476 e. The lowest BCUT2D eigenvalue weighted by Crippen LogP contribution is -2.12. The van der Waals surface area contributed by atoms with Crippen LogP contribution in [0.1, 0.15) is 38.3 Å². The van der Waals surface area contributed by atoms with Crippen molar-refractivity contribution in [2.24, 2.45) is 5.73 Å². The molecule has 0 fully saturated rings. The number of rotatable bonds is 5. The average molecular weight is 218 g/mol. The maximum Gasteiger partial charge on any atom is 0.184 e. The van der Waals surface area contributed by atoms with Gasteiger partial charge in [-0.15, -0.1) is 0 Å². The van der Waals surface area contributed by atoms with Crippen molar-refractivity contribution in [3.8, 4) is 11.8 Å². The Kier molecular flexibility index (Phi) is 4.81. The van der Waals surface area contributed by atoms with Gasteiger partial charge in [0.05, 0.1) is 0 Å². The van der Waals surface area contributed by atoms with E-state index in [2.05, 4.69) is 13.0 Å². The topological polar surface area (TPSA) is 59.0 Å². The zero-order chi connectivity index (χ0) is 12.0. The van der Waals surface area contributed by atoms with Gasteiger partial charge in [0.25, 0.3) is 0 Å². The van der Waals surface area contributed by atoms with Gasteiger partial charge in [-0.2, -0.15) is 5.26 Å². The van der Waals surface area contributed by atoms with Crippen molar-refractivity contribution < 1.29 is 4.74 Å². The van der Waals surface area contributed by atoms with Gasteiger partial charge < -0.3 is 10.5 Å². The van der Waals surface area contributed by atoms with Crippen LogP contribution in [0.15, 0.2) is 24.3 Å². The Balaban J connectivity index is 2.68. The molecule has 0 amide bonds. The predicted octanol–water partition coefficient (Wildman–Crippen LogP) is 2.78. The van der Waals surface area contributed by atoms with E-state index in [1.807, 2.05) is 31.2 Å². The van der Waals surface area contributed by atoms with E-state index in [0.29, 0.717) is 6.42 Å². The SMILES string of the molecule is CCC(C#N)Oc1ccc(C(N)CC)cc1. The molecule has 1 aromatic carbocycles. The molecule has 0 radical (unpaired) electrons. The van der Waals surface area contributed by atoms with Gasteiger partial charge in [0.1, 0.15) is 11.8 Å². The summed E-state index contributed by atoms with van der Waals surface area (Å²) in [6.07, 6.45) is 1.23. The Morgan fingerprint density at radius 1 is 1.25 bits per heavy atom. The van der Waals surface area contributed by atoms with Gasteiger partial charge in [-0.05, 0) is 30.5 Å². The average Bonchev–Trinajstić information content (AvgIpc) is 2.35. The summed E-state index contributed by atoms with van der Waals surface area (Å²) in [6.45, 7) is 3.98. The van der Waals surface area contributed by atoms with Crippen LogP contribution in [0.3, 0.4) is 0 Å². The smallest absolute Gasteiger partial charge is 0.184 e. The molecule has 2 atom stereocenters. The Morgan fingerprint density at radius 3 is 2.31 bits per heavy atom. The lowest BCUT2D eigenvalue weighted by atomic mass is 10.1. The van der Waals surface area contributed by atoms with Crippen LogP contribution in [-0.4, -0.2) is 6.10 Å². The summed E-state index contributed by atoms with van der Waals surface area (Å²) in [5, 5.41) is 8.77. The van der Waals surface area contributed by atoms with Crippen LogP contribution in [0.4, 0.5) is 0 Å². The fraction of sp³-hybridized carbons (Fsp3) is 0.462. The highest BCUT2D eigenvalue weighted by Crippen LogP contribution is 2.19. The molecule has 16 heavy (non-hydrogen) atoms. The number of hydrogen-bond donors (Lipinski definition) is 1. The minimum absolute atomic E-state index is 0.0759. The van der Waals surface area contributed by atoms with Crippen LogP contribution in [0.2, 0.25) is 0 Å². The van der Waals surface area contributed by atoms with Crippen molar-refractivity contribution in [3.05, 3.63) is 29.8 Å². The molecular weight excluding hydrogens is 200 g/mol. The molecule has 3 nitrogen and oxygen atoms in total. The van der Waals surface area contributed by atoms with Gasteiger partial charge in [0.15, 0.2) is 6.10 Å². The zero-order valence-electron chi connectivity index (χ0n) is 9.81. The van der Waals surface area contributed by atoms with Crippen LogP contribution in [0, 0.1) is 11.3 Å². The molecule has 1 rings (SSSR count). The van der Waals surface area contributed by atoms with E-state index in [-0.39, 0.29) is 12.1 Å². The summed E-state index contributed by atoms with van der Waals surface area (Å²) < 4.78 is 5.48. The maximum absolute atomic E-state index is 8.77. The Hall–Kier alpha value is -1.53. The largest absolute Gasteiger partial charge is 0.476 e. The van der Waals surface area contributed by atoms with Crippen LogP contribution < -0.4 is 10.5 Å². The third-order valence-corrected chi connectivity index (χ3v) is 2.54. The van der Waals surface area contributed by atoms with Crippen molar-refractivity contribution >= 4 is 0 Å². The van der Waals surface area contributed by atoms with Gasteiger partial charge >= 0.3 is 0 Å². The van der Waals surface area contributed by atoms with Crippen LogP contribution in [-0.2, 0) is 0 Å². The zero-order valence-corrected chi connectivity index (χ0v) is 9.81. The molecule has 2 unspecified atom stereocenters. The van der Waals surface area contributed by atoms with Crippen molar-refractivity contribution in [3.63, 3.8) is 0 Å². The van der Waals surface area contributed by atoms with Gasteiger partial charge in [-0.1, -0.05) is 26.0 Å². The van der Waals surface area contributed by atoms with Gasteiger partial charge in [-0.3, -0.25) is 0 Å². The molecule has 0 aliphatic carbocycles. The van der Waals surface area contributed by atoms with Crippen LogP contribution >= 0.6 is 0 Å². The molecule has 0 spiro atoms. The van der Waals surface area contributed by atoms with E-state index in [1.165, 1.54) is 0 Å². The molecule has 86 valence electrons. The lowest BCUT2D eigenvalue weighted by Gasteiger charge is -2.12. The van der Waals surface area contributed by atoms with Crippen LogP contribution in [0.5, 0.6) is 5.75 Å². The third-order valence-electron chi connectivity index (χ3n) is 2.54. The number of nitrogens with zero attached hydrogens (tertiary/aromatic N) is 1. The summed E-state index contributed by atoms with van der Waals surface area (Å²) in [5.41, 5.74) is 7.00. The fourth-order valence-electron chi connectivity index (χ4n) is 1.39. The highest BCUT2D eigenvalue weighted by atomic mass is 16.5. The van der Waals surface area contributed by atoms with E-state index < -0.39 is 0 Å². The number of ether oxygens (including phenoxy) is 1. The lowest BCUT2D eigenvalue weighted by molar-refractivity contribution is 0.252. The molecule has 3 heteroatoms. The molecule has 0 aliphatic rings. The van der Waals surface area contributed by atoms with E-state index in [0.717, 1.165) is 17.7 Å². The highest BCUT2D eigenvalue weighted by Gasteiger charge is 2.07. The second kappa shape index (κ2) is 6.14. The summed E-state index contributed by atoms with van der Waals surface area (Å²) in [7, 11) is 0. The van der Waals surface area contributed by atoms with E-state index >= 15 is 0 Å². The third kappa shape index (κ3) is 3.25. The molecular formula is C13H18N2O. The minimum atomic E-state index is -0.370. The van der Waals surface area contributed by atoms with Crippen molar-refractivity contribution in [2.45, 2.75) is 38.8 Å². The molecule has 0 aliphatic heterocycles. The number of hydrogen-bond acceptors (Lipinski definition) is 3. The summed E-state index contributed by atoms with van der Waals surface area (Å²) >= 11 is 0. The first-order valence-electron chi connectivity index (χ1n) is 5.63. The molecule has 0 aromatic heterocycles. The van der Waals surface area contributed by atoms with Crippen LogP contribution in [0.25, 0.3) is 0 Å². The number of nitrogens with two attached hydrogens (primary N) is 1. The molecule has 0 heterocycles. The summed E-state index contributed by atoms with van der Waals surface area (Å²) in [4.78, 5) is 0. The fourth-order valence-corrected chi connectivity index (χ4v) is 1.39. The van der Waals surface area contributed by atoms with Crippen molar-refractivity contribution in [1.29, 1.82) is 5.26 Å². The number of benzene rings is 1. The Bertz CT molecular complexity index is 353. The molecule has 1 aromatic rings. The van der Waals surface area contributed by atoms with Gasteiger partial charge in [0, 0.05) is 6.04 Å². The first-order chi connectivity index (χ1) is 7.71. The van der Waals surface area contributed by atoms with Crippen molar-refractivity contribution in [1.82, 2.24) is 0 Å². The summed E-state index contributed by atoms with van der Waals surface area (Å²) in [5.74, 6) is 0.723. The van der Waals surface area contributed by atoms with Gasteiger partial charge in [0.2, 0.25) is 0 Å². The summed E-state index contributed by atoms with van der Waals surface area (Å²) in [6, 6.07) is 9.81. The maximum atomic E-state index is 8.77. The van der Waals surface area contributed by atoms with Crippen molar-refractivity contribution in [2.75, 3.05) is 0 Å². The first kappa shape index (κ1) is 12.5. The number of nitriles is 1. The standard InChI is InChI=1S/C13H18N2O/c1-3-11(9-14)16-12-7-5-10(6-8-12)13(15)4-2/h5-8,11,13H,3-4,15H2,1-2H3. The van der Waals surface area contributed by atoms with E-state index in [4.69, 9.17) is 15.7 Å². The van der Waals surface area contributed by atoms with E-state index in [9.17, 15) is 0 Å². The highest BCUT2D eigenvalue weighted by molar-refractivity contribution is 5.29. The molecule has 0 saturated carbocycles. The predicted molar refractivity (Wildman–Crippen MR) is 64.0 cm³/mol. The first-order valence-corrected chi connectivity index (χ1v) is 5.63.